The van der Waals surface area contributed by atoms with Gasteiger partial charge in [0.05, 0.1) is 11.7 Å². The molecule has 0 heterocycles. The van der Waals surface area contributed by atoms with Gasteiger partial charge in [-0.05, 0) is 42.8 Å². The highest BCUT2D eigenvalue weighted by atomic mass is 19.1. The van der Waals surface area contributed by atoms with E-state index in [0.29, 0.717) is 5.56 Å². The highest BCUT2D eigenvalue weighted by Gasteiger charge is 2.13. The Morgan fingerprint density at radius 2 is 1.95 bits per heavy atom. The molecule has 3 nitrogen and oxygen atoms in total. The van der Waals surface area contributed by atoms with Gasteiger partial charge >= 0.3 is 0 Å². The van der Waals surface area contributed by atoms with Crippen molar-refractivity contribution in [3.05, 3.63) is 65.2 Å². The Morgan fingerprint density at radius 3 is 2.60 bits per heavy atom. The molecule has 0 radical (unpaired) electrons. The Kier molecular flexibility index (Phi) is 3.98. The van der Waals surface area contributed by atoms with Gasteiger partial charge in [-0.3, -0.25) is 4.79 Å². The fourth-order valence-corrected chi connectivity index (χ4v) is 1.81. The molecule has 0 bridgehead atoms. The van der Waals surface area contributed by atoms with Crippen LogP contribution in [0.2, 0.25) is 0 Å². The minimum absolute atomic E-state index is 0.0141. The highest BCUT2D eigenvalue weighted by Crippen LogP contribution is 2.16. The van der Waals surface area contributed by atoms with Crippen LogP contribution in [-0.2, 0) is 0 Å². The molecule has 2 aromatic carbocycles. The number of hydrogen-bond donors (Lipinski definition) is 2. The number of anilines is 1. The maximum atomic E-state index is 13.3. The number of amides is 1. The zero-order valence-corrected chi connectivity index (χ0v) is 10.9. The quantitative estimate of drug-likeness (QED) is 0.847. The predicted molar refractivity (Wildman–Crippen MR) is 73.1 cm³/mol. The lowest BCUT2D eigenvalue weighted by Gasteiger charge is -2.14. The van der Waals surface area contributed by atoms with Gasteiger partial charge in [0.1, 0.15) is 11.6 Å². The molecule has 0 aliphatic heterocycles. The summed E-state index contributed by atoms with van der Waals surface area (Å²) in [6, 6.07) is 9.39. The number of nitrogens with one attached hydrogen (secondary N) is 1. The lowest BCUT2D eigenvalue weighted by atomic mass is 10.1. The van der Waals surface area contributed by atoms with Gasteiger partial charge < -0.3 is 11.1 Å². The van der Waals surface area contributed by atoms with E-state index in [2.05, 4.69) is 5.32 Å². The van der Waals surface area contributed by atoms with E-state index in [-0.39, 0.29) is 23.1 Å². The van der Waals surface area contributed by atoms with Gasteiger partial charge in [-0.25, -0.2) is 8.78 Å². The summed E-state index contributed by atoms with van der Waals surface area (Å²) in [6.07, 6.45) is 0. The van der Waals surface area contributed by atoms with Crippen LogP contribution in [0.25, 0.3) is 0 Å². The molecule has 2 rings (SSSR count). The van der Waals surface area contributed by atoms with Gasteiger partial charge in [0.15, 0.2) is 0 Å². The van der Waals surface area contributed by atoms with Gasteiger partial charge in [0, 0.05) is 5.56 Å². The minimum Gasteiger partial charge on any atom is -0.396 e. The van der Waals surface area contributed by atoms with E-state index in [4.69, 9.17) is 5.73 Å². The number of nitrogen functional groups attached to an aromatic ring is 1. The molecule has 0 saturated heterocycles. The molecule has 3 N–H and O–H groups in total. The molecule has 1 atom stereocenters. The van der Waals surface area contributed by atoms with Crippen LogP contribution in [-0.4, -0.2) is 5.91 Å². The Hall–Kier alpha value is -2.43. The molecule has 0 aliphatic rings. The molecule has 5 heteroatoms. The lowest BCUT2D eigenvalue weighted by molar-refractivity contribution is 0.0939. The first-order valence-electron chi connectivity index (χ1n) is 6.08. The summed E-state index contributed by atoms with van der Waals surface area (Å²) in [4.78, 5) is 12.0. The van der Waals surface area contributed by atoms with Crippen LogP contribution in [0.3, 0.4) is 0 Å². The summed E-state index contributed by atoms with van der Waals surface area (Å²) >= 11 is 0. The van der Waals surface area contributed by atoms with Crippen LogP contribution in [0.15, 0.2) is 42.5 Å². The van der Waals surface area contributed by atoms with Crippen LogP contribution in [0.4, 0.5) is 14.5 Å². The van der Waals surface area contributed by atoms with Crippen molar-refractivity contribution in [2.45, 2.75) is 13.0 Å². The van der Waals surface area contributed by atoms with Crippen LogP contribution in [0.1, 0.15) is 28.9 Å². The number of carbonyl (C=O) groups is 1. The zero-order valence-electron chi connectivity index (χ0n) is 10.9. The number of rotatable bonds is 3. The second-order valence-electron chi connectivity index (χ2n) is 4.49. The van der Waals surface area contributed by atoms with Crippen molar-refractivity contribution in [2.24, 2.45) is 0 Å². The third kappa shape index (κ3) is 3.12. The largest absolute Gasteiger partial charge is 0.396 e. The molecular formula is C15H14F2N2O. The molecule has 0 aromatic heterocycles. The molecule has 0 saturated carbocycles. The van der Waals surface area contributed by atoms with E-state index in [1.54, 1.807) is 19.1 Å². The number of carbonyl (C=O) groups excluding carboxylic acids is 1. The molecule has 0 fully saturated rings. The summed E-state index contributed by atoms with van der Waals surface area (Å²) in [6.45, 7) is 1.72. The van der Waals surface area contributed by atoms with Crippen LogP contribution in [0.5, 0.6) is 0 Å². The van der Waals surface area contributed by atoms with Crippen molar-refractivity contribution in [2.75, 3.05) is 5.73 Å². The van der Waals surface area contributed by atoms with E-state index in [1.807, 2.05) is 0 Å². The standard InChI is InChI=1S/C15H14F2N2O/c1-9(10-3-2-4-12(16)7-10)19-15(20)11-5-6-14(18)13(17)8-11/h2-9H,18H2,1H3,(H,19,20). The fraction of sp³-hybridized carbons (Fsp3) is 0.133. The highest BCUT2D eigenvalue weighted by molar-refractivity contribution is 5.94. The summed E-state index contributed by atoms with van der Waals surface area (Å²) in [5.41, 5.74) is 6.14. The van der Waals surface area contributed by atoms with Crippen LogP contribution >= 0.6 is 0 Å². The Bertz CT molecular complexity index is 644. The molecule has 20 heavy (non-hydrogen) atoms. The average molecular weight is 276 g/mol. The van der Waals surface area contributed by atoms with E-state index in [0.717, 1.165) is 6.07 Å². The van der Waals surface area contributed by atoms with E-state index in [1.165, 1.54) is 24.3 Å². The number of nitrogens with two attached hydrogens (primary N) is 1. The van der Waals surface area contributed by atoms with Crippen molar-refractivity contribution in [3.63, 3.8) is 0 Å². The lowest BCUT2D eigenvalue weighted by Crippen LogP contribution is -2.26. The van der Waals surface area contributed by atoms with Gasteiger partial charge in [0.25, 0.3) is 5.91 Å². The first kappa shape index (κ1) is 14.0. The van der Waals surface area contributed by atoms with Crippen molar-refractivity contribution >= 4 is 11.6 Å². The predicted octanol–water partition coefficient (Wildman–Crippen LogP) is 3.04. The molecular weight excluding hydrogens is 262 g/mol. The normalized spacial score (nSPS) is 11.9. The molecule has 0 aliphatic carbocycles. The second-order valence-corrected chi connectivity index (χ2v) is 4.49. The summed E-state index contributed by atoms with van der Waals surface area (Å²) in [7, 11) is 0. The van der Waals surface area contributed by atoms with Crippen LogP contribution < -0.4 is 11.1 Å². The minimum atomic E-state index is -0.643. The summed E-state index contributed by atoms with van der Waals surface area (Å²) in [5.74, 6) is -1.46. The van der Waals surface area contributed by atoms with Crippen molar-refractivity contribution < 1.29 is 13.6 Å². The average Bonchev–Trinajstić information content (AvgIpc) is 2.41. The molecule has 1 amide bonds. The van der Waals surface area contributed by atoms with Gasteiger partial charge in [-0.1, -0.05) is 12.1 Å². The first-order chi connectivity index (χ1) is 9.47. The maximum Gasteiger partial charge on any atom is 0.251 e. The SMILES string of the molecule is CC(NC(=O)c1ccc(N)c(F)c1)c1cccc(F)c1. The Labute approximate surface area is 115 Å². The van der Waals surface area contributed by atoms with Gasteiger partial charge in [0.2, 0.25) is 0 Å². The number of hydrogen-bond acceptors (Lipinski definition) is 2. The van der Waals surface area contributed by atoms with Crippen LogP contribution in [0, 0.1) is 11.6 Å². The third-order valence-electron chi connectivity index (χ3n) is 2.96. The Balaban J connectivity index is 2.13. The van der Waals surface area contributed by atoms with Crippen molar-refractivity contribution in [1.82, 2.24) is 5.32 Å². The zero-order chi connectivity index (χ0) is 14.7. The van der Waals surface area contributed by atoms with E-state index < -0.39 is 11.7 Å². The van der Waals surface area contributed by atoms with Gasteiger partial charge in [-0.2, -0.15) is 0 Å². The van der Waals surface area contributed by atoms with Crippen molar-refractivity contribution in [1.29, 1.82) is 0 Å². The van der Waals surface area contributed by atoms with E-state index in [9.17, 15) is 13.6 Å². The number of benzene rings is 2. The second kappa shape index (κ2) is 5.69. The summed E-state index contributed by atoms with van der Waals surface area (Å²) in [5, 5.41) is 2.67. The first-order valence-corrected chi connectivity index (χ1v) is 6.08. The Morgan fingerprint density at radius 1 is 1.20 bits per heavy atom. The molecule has 0 spiro atoms. The van der Waals surface area contributed by atoms with E-state index >= 15 is 0 Å². The smallest absolute Gasteiger partial charge is 0.251 e. The van der Waals surface area contributed by atoms with Crippen molar-refractivity contribution in [3.8, 4) is 0 Å². The fourth-order valence-electron chi connectivity index (χ4n) is 1.81. The molecule has 104 valence electrons. The summed E-state index contributed by atoms with van der Waals surface area (Å²) < 4.78 is 26.4. The monoisotopic (exact) mass is 276 g/mol. The molecule has 1 unspecified atom stereocenters. The maximum absolute atomic E-state index is 13.3. The number of halogens is 2. The third-order valence-corrected chi connectivity index (χ3v) is 2.96. The molecule has 2 aromatic rings. The topological polar surface area (TPSA) is 55.1 Å². The van der Waals surface area contributed by atoms with Gasteiger partial charge in [-0.15, -0.1) is 0 Å².